The fraction of sp³-hybridized carbons (Fsp3) is 0.625. The monoisotopic (exact) mass is 461 g/mol. The van der Waals surface area contributed by atoms with Gasteiger partial charge in [-0.05, 0) is 51.9 Å². The second-order valence-corrected chi connectivity index (χ2v) is 9.25. The summed E-state index contributed by atoms with van der Waals surface area (Å²) in [6.45, 7) is 6.02. The average Bonchev–Trinajstić information content (AvgIpc) is 3.15. The number of benzene rings is 1. The SMILES string of the molecule is CC/C=C1/C[C@H]2[C@H](OC)Nc3ccc(O[C@@H]4O[C@H](C)[C@H](NC)[C@@](C)(O)[C@@H]4O)cc3C(=O)N2C1. The molecule has 0 bridgehead atoms. The molecule has 0 aliphatic carbocycles. The van der Waals surface area contributed by atoms with Crippen LogP contribution in [0.2, 0.25) is 0 Å². The molecule has 0 saturated carbocycles. The minimum Gasteiger partial charge on any atom is -0.462 e. The average molecular weight is 462 g/mol. The Labute approximate surface area is 194 Å². The number of carbonyl (C=O) groups excluding carboxylic acids is 1. The van der Waals surface area contributed by atoms with Gasteiger partial charge in [0.05, 0.1) is 23.8 Å². The van der Waals surface area contributed by atoms with Gasteiger partial charge in [-0.25, -0.2) is 0 Å². The van der Waals surface area contributed by atoms with Gasteiger partial charge in [-0.2, -0.15) is 0 Å². The number of likely N-dealkylation sites (N-methyl/N-ethyl adjacent to an activating group) is 1. The molecule has 9 heteroatoms. The van der Waals surface area contributed by atoms with Crippen molar-refractivity contribution in [3.05, 3.63) is 35.4 Å². The number of methoxy groups -OCH3 is 1. The van der Waals surface area contributed by atoms with Crippen molar-refractivity contribution in [3.8, 4) is 5.75 Å². The molecule has 33 heavy (non-hydrogen) atoms. The predicted molar refractivity (Wildman–Crippen MR) is 123 cm³/mol. The van der Waals surface area contributed by atoms with Crippen LogP contribution in [0.1, 0.15) is 44.0 Å². The molecule has 0 aromatic heterocycles. The molecular formula is C24H35N3O6. The van der Waals surface area contributed by atoms with Crippen LogP contribution in [-0.4, -0.2) is 84.1 Å². The summed E-state index contributed by atoms with van der Waals surface area (Å²) in [7, 11) is 3.34. The molecule has 0 unspecified atom stereocenters. The standard InChI is InChI=1S/C24H35N3O6/c1-6-7-14-10-18-21(31-5)26-17-9-8-15(11-16(17)22(29)27(18)12-14)33-23-20(28)24(3,30)19(25-4)13(2)32-23/h7-9,11,13,18-21,23,25-26,28,30H,6,10,12H2,1-5H3/b14-7-/t13-,18+,19+,20-,21+,23+,24-/m1/s1. The topological polar surface area (TPSA) is 113 Å². The van der Waals surface area contributed by atoms with E-state index in [-0.39, 0.29) is 18.2 Å². The van der Waals surface area contributed by atoms with E-state index in [1.807, 2.05) is 11.8 Å². The van der Waals surface area contributed by atoms with Crippen LogP contribution < -0.4 is 15.4 Å². The van der Waals surface area contributed by atoms with Crippen LogP contribution in [0.5, 0.6) is 5.75 Å². The zero-order chi connectivity index (χ0) is 23.9. The number of aliphatic hydroxyl groups is 2. The minimum atomic E-state index is -1.46. The van der Waals surface area contributed by atoms with Gasteiger partial charge in [0, 0.05) is 19.3 Å². The van der Waals surface area contributed by atoms with E-state index in [2.05, 4.69) is 23.6 Å². The van der Waals surface area contributed by atoms with Crippen LogP contribution in [0.15, 0.2) is 29.8 Å². The summed E-state index contributed by atoms with van der Waals surface area (Å²) in [5.74, 6) is 0.266. The lowest BCUT2D eigenvalue weighted by atomic mass is 9.84. The Balaban J connectivity index is 1.60. The number of hydrogen-bond donors (Lipinski definition) is 4. The summed E-state index contributed by atoms with van der Waals surface area (Å²) in [5, 5.41) is 27.9. The third-order valence-electron chi connectivity index (χ3n) is 6.99. The Morgan fingerprint density at radius 2 is 2.18 bits per heavy atom. The molecule has 0 radical (unpaired) electrons. The number of hydrogen-bond acceptors (Lipinski definition) is 8. The van der Waals surface area contributed by atoms with Crippen LogP contribution in [0.3, 0.4) is 0 Å². The fourth-order valence-electron chi connectivity index (χ4n) is 5.28. The molecule has 0 spiro atoms. The highest BCUT2D eigenvalue weighted by molar-refractivity contribution is 6.01. The molecular weight excluding hydrogens is 426 g/mol. The molecule has 7 atom stereocenters. The third kappa shape index (κ3) is 4.24. The van der Waals surface area contributed by atoms with Crippen molar-refractivity contribution in [2.45, 2.75) is 76.0 Å². The van der Waals surface area contributed by atoms with Gasteiger partial charge in [-0.15, -0.1) is 0 Å². The normalized spacial score (nSPS) is 37.4. The molecule has 2 saturated heterocycles. The highest BCUT2D eigenvalue weighted by atomic mass is 16.7. The molecule has 3 heterocycles. The summed E-state index contributed by atoms with van der Waals surface area (Å²) in [6.07, 6.45) is 0.747. The van der Waals surface area contributed by atoms with Crippen LogP contribution in [0.25, 0.3) is 0 Å². The van der Waals surface area contributed by atoms with Gasteiger partial charge < -0.3 is 40.0 Å². The number of allylic oxidation sites excluding steroid dienone is 1. The van der Waals surface area contributed by atoms with Crippen molar-refractivity contribution >= 4 is 11.6 Å². The number of rotatable bonds is 5. The maximum absolute atomic E-state index is 13.5. The van der Waals surface area contributed by atoms with Crippen molar-refractivity contribution in [3.63, 3.8) is 0 Å². The first kappa shape index (κ1) is 24.0. The summed E-state index contributed by atoms with van der Waals surface area (Å²) in [6, 6.07) is 4.57. The number of nitrogens with zero attached hydrogens (tertiary/aromatic N) is 1. The van der Waals surface area contributed by atoms with E-state index >= 15 is 0 Å². The van der Waals surface area contributed by atoms with E-state index in [0.29, 0.717) is 23.5 Å². The molecule has 4 rings (SSSR count). The van der Waals surface area contributed by atoms with E-state index in [4.69, 9.17) is 14.2 Å². The molecule has 1 aromatic carbocycles. The van der Waals surface area contributed by atoms with Gasteiger partial charge in [0.15, 0.2) is 0 Å². The summed E-state index contributed by atoms with van der Waals surface area (Å²) in [5.41, 5.74) is 0.893. The second-order valence-electron chi connectivity index (χ2n) is 9.25. The van der Waals surface area contributed by atoms with Gasteiger partial charge in [-0.1, -0.05) is 18.6 Å². The molecule has 4 N–H and O–H groups in total. The number of anilines is 1. The van der Waals surface area contributed by atoms with Crippen molar-refractivity contribution in [2.75, 3.05) is 26.0 Å². The lowest BCUT2D eigenvalue weighted by Gasteiger charge is -2.47. The fourth-order valence-corrected chi connectivity index (χ4v) is 5.28. The number of fused-ring (bicyclic) bond motifs is 2. The van der Waals surface area contributed by atoms with E-state index in [1.54, 1.807) is 39.3 Å². The first-order valence-electron chi connectivity index (χ1n) is 11.5. The Kier molecular flexibility index (Phi) is 6.70. The maximum atomic E-state index is 13.5. The highest BCUT2D eigenvalue weighted by Crippen LogP contribution is 2.36. The van der Waals surface area contributed by atoms with Gasteiger partial charge in [-0.3, -0.25) is 4.79 Å². The Hall–Kier alpha value is -2.17. The van der Waals surface area contributed by atoms with Crippen molar-refractivity contribution in [2.24, 2.45) is 0 Å². The van der Waals surface area contributed by atoms with E-state index in [9.17, 15) is 15.0 Å². The van der Waals surface area contributed by atoms with Crippen LogP contribution in [0.4, 0.5) is 5.69 Å². The zero-order valence-corrected chi connectivity index (χ0v) is 19.9. The largest absolute Gasteiger partial charge is 0.462 e. The van der Waals surface area contributed by atoms with Crippen molar-refractivity contribution in [1.29, 1.82) is 0 Å². The number of nitrogens with one attached hydrogen (secondary N) is 2. The molecule has 2 fully saturated rings. The van der Waals surface area contributed by atoms with Gasteiger partial charge in [0.25, 0.3) is 5.91 Å². The zero-order valence-electron chi connectivity index (χ0n) is 19.9. The quantitative estimate of drug-likeness (QED) is 0.488. The molecule has 3 aliphatic rings. The van der Waals surface area contributed by atoms with Crippen molar-refractivity contribution < 1.29 is 29.2 Å². The van der Waals surface area contributed by atoms with Gasteiger partial charge in [0.2, 0.25) is 6.29 Å². The van der Waals surface area contributed by atoms with E-state index in [1.165, 1.54) is 5.57 Å². The van der Waals surface area contributed by atoms with Gasteiger partial charge in [0.1, 0.15) is 23.7 Å². The minimum absolute atomic E-state index is 0.102. The van der Waals surface area contributed by atoms with Gasteiger partial charge >= 0.3 is 0 Å². The predicted octanol–water partition coefficient (Wildman–Crippen LogP) is 1.46. The number of amides is 1. The summed E-state index contributed by atoms with van der Waals surface area (Å²) >= 11 is 0. The Morgan fingerprint density at radius 1 is 1.42 bits per heavy atom. The molecule has 1 aromatic rings. The maximum Gasteiger partial charge on any atom is 0.256 e. The smallest absolute Gasteiger partial charge is 0.256 e. The van der Waals surface area contributed by atoms with Crippen LogP contribution in [0, 0.1) is 0 Å². The molecule has 182 valence electrons. The lowest BCUT2D eigenvalue weighted by Crippen LogP contribution is -2.69. The third-order valence-corrected chi connectivity index (χ3v) is 6.99. The second kappa shape index (κ2) is 9.23. The van der Waals surface area contributed by atoms with Crippen molar-refractivity contribution in [1.82, 2.24) is 10.2 Å². The van der Waals surface area contributed by atoms with E-state index in [0.717, 1.165) is 12.8 Å². The molecule has 9 nitrogen and oxygen atoms in total. The molecule has 1 amide bonds. The van der Waals surface area contributed by atoms with E-state index < -0.39 is 30.1 Å². The van der Waals surface area contributed by atoms with Crippen LogP contribution >= 0.6 is 0 Å². The molecule has 3 aliphatic heterocycles. The van der Waals surface area contributed by atoms with Crippen LogP contribution in [-0.2, 0) is 9.47 Å². The number of aliphatic hydroxyl groups excluding tert-OH is 1. The Morgan fingerprint density at radius 3 is 2.85 bits per heavy atom. The first-order valence-corrected chi connectivity index (χ1v) is 11.5. The number of ether oxygens (including phenoxy) is 3. The Bertz CT molecular complexity index is 919. The lowest BCUT2D eigenvalue weighted by molar-refractivity contribution is -0.272. The first-order chi connectivity index (χ1) is 15.7. The number of carbonyl (C=O) groups is 1. The highest BCUT2D eigenvalue weighted by Gasteiger charge is 2.52. The summed E-state index contributed by atoms with van der Waals surface area (Å²) < 4.78 is 17.5. The summed E-state index contributed by atoms with van der Waals surface area (Å²) in [4.78, 5) is 15.3.